The Balaban J connectivity index is 1.66. The fourth-order valence-electron chi connectivity index (χ4n) is 4.45. The number of rotatable bonds is 8. The number of azo groups is 2. The summed E-state index contributed by atoms with van der Waals surface area (Å²) in [5, 5.41) is 37.2. The molecule has 0 atom stereocenters. The molecule has 5 rings (SSSR count). The molecule has 0 aliphatic rings. The van der Waals surface area contributed by atoms with Crippen LogP contribution in [0.5, 0.6) is 5.75 Å². The molecular formula is C26H18N6O12S3. The summed E-state index contributed by atoms with van der Waals surface area (Å²) < 4.78 is 100. The van der Waals surface area contributed by atoms with Gasteiger partial charge in [0.15, 0.2) is 5.75 Å². The minimum Gasteiger partial charge on any atom is -0.505 e. The van der Waals surface area contributed by atoms with Crippen molar-refractivity contribution >= 4 is 86.0 Å². The Morgan fingerprint density at radius 3 is 1.72 bits per heavy atom. The Bertz CT molecular complexity index is 2540. The molecule has 0 saturated carbocycles. The van der Waals surface area contributed by atoms with Crippen LogP contribution in [-0.2, 0) is 30.4 Å². The summed E-state index contributed by atoms with van der Waals surface area (Å²) in [5.74, 6) is -0.893. The highest BCUT2D eigenvalue weighted by Crippen LogP contribution is 2.44. The number of phenolic OH excluding ortho intramolecular Hbond substituents is 1. The number of anilines is 1. The van der Waals surface area contributed by atoms with E-state index in [1.807, 2.05) is 0 Å². The molecule has 0 bridgehead atoms. The summed E-state index contributed by atoms with van der Waals surface area (Å²) in [6.07, 6.45) is 0. The minimum absolute atomic E-state index is 0.0439. The molecule has 0 fully saturated rings. The number of non-ortho nitro benzene ring substituents is 1. The van der Waals surface area contributed by atoms with Crippen LogP contribution in [0.1, 0.15) is 0 Å². The molecular weight excluding hydrogens is 685 g/mol. The number of phenols is 1. The van der Waals surface area contributed by atoms with E-state index in [9.17, 15) is 54.1 Å². The summed E-state index contributed by atoms with van der Waals surface area (Å²) >= 11 is 0. The van der Waals surface area contributed by atoms with E-state index < -0.39 is 77.9 Å². The number of nitrogens with zero attached hydrogens (tertiary/aromatic N) is 5. The third kappa shape index (κ3) is 6.60. The van der Waals surface area contributed by atoms with Crippen LogP contribution in [0.2, 0.25) is 0 Å². The predicted molar refractivity (Wildman–Crippen MR) is 165 cm³/mol. The van der Waals surface area contributed by atoms with E-state index in [2.05, 4.69) is 20.5 Å². The van der Waals surface area contributed by atoms with Gasteiger partial charge in [-0.3, -0.25) is 23.8 Å². The SMILES string of the molecule is Nc1c(S(=O)(=O)O)cc(S(=O)(=O)O)c2ccc(N=Nc3ccc(N=Nc4ccc([N+](=O)[O-])cc4)c4ccc(S(=O)(=O)O)cc34)c(O)c12. The molecule has 5 aromatic rings. The molecule has 0 amide bonds. The first-order valence-electron chi connectivity index (χ1n) is 12.5. The molecule has 21 heteroatoms. The van der Waals surface area contributed by atoms with Gasteiger partial charge in [-0.2, -0.15) is 30.4 Å². The van der Waals surface area contributed by atoms with E-state index in [0.717, 1.165) is 24.3 Å². The van der Waals surface area contributed by atoms with Crippen LogP contribution >= 0.6 is 0 Å². The van der Waals surface area contributed by atoms with Crippen molar-refractivity contribution in [3.8, 4) is 5.75 Å². The lowest BCUT2D eigenvalue weighted by molar-refractivity contribution is -0.384. The van der Waals surface area contributed by atoms with Gasteiger partial charge in [-0.05, 0) is 48.5 Å². The lowest BCUT2D eigenvalue weighted by Crippen LogP contribution is -2.08. The Morgan fingerprint density at radius 2 is 1.15 bits per heavy atom. The van der Waals surface area contributed by atoms with Gasteiger partial charge in [0.25, 0.3) is 36.0 Å². The Kier molecular flexibility index (Phi) is 8.21. The molecule has 0 aliphatic carbocycles. The fraction of sp³-hybridized carbons (Fsp3) is 0. The summed E-state index contributed by atoms with van der Waals surface area (Å²) in [4.78, 5) is 7.67. The molecule has 6 N–H and O–H groups in total. The number of nitrogen functional groups attached to an aromatic ring is 1. The monoisotopic (exact) mass is 702 g/mol. The molecule has 0 radical (unpaired) electrons. The van der Waals surface area contributed by atoms with Crippen LogP contribution in [0.3, 0.4) is 0 Å². The van der Waals surface area contributed by atoms with E-state index in [-0.39, 0.29) is 33.5 Å². The summed E-state index contributed by atoms with van der Waals surface area (Å²) in [7, 11) is -14.9. The number of nitro benzene ring substituents is 1. The molecule has 0 saturated heterocycles. The predicted octanol–water partition coefficient (Wildman–Crippen LogP) is 5.76. The van der Waals surface area contributed by atoms with Crippen molar-refractivity contribution in [1.82, 2.24) is 0 Å². The Hall–Kier alpha value is -5.45. The molecule has 0 aliphatic heterocycles. The van der Waals surface area contributed by atoms with Gasteiger partial charge in [-0.25, -0.2) is 0 Å². The first-order valence-corrected chi connectivity index (χ1v) is 16.8. The van der Waals surface area contributed by atoms with Gasteiger partial charge in [-0.15, -0.1) is 15.3 Å². The minimum atomic E-state index is -5.14. The van der Waals surface area contributed by atoms with Crippen LogP contribution in [-0.4, -0.2) is 48.9 Å². The van der Waals surface area contributed by atoms with Gasteiger partial charge in [0.05, 0.1) is 38.0 Å². The highest BCUT2D eigenvalue weighted by molar-refractivity contribution is 7.87. The number of aromatic hydroxyl groups is 1. The number of benzene rings is 5. The van der Waals surface area contributed by atoms with Crippen LogP contribution in [0.15, 0.2) is 108 Å². The van der Waals surface area contributed by atoms with Crippen molar-refractivity contribution in [2.45, 2.75) is 14.7 Å². The van der Waals surface area contributed by atoms with E-state index >= 15 is 0 Å². The maximum Gasteiger partial charge on any atom is 0.296 e. The average molecular weight is 703 g/mol. The van der Waals surface area contributed by atoms with Crippen LogP contribution < -0.4 is 5.73 Å². The van der Waals surface area contributed by atoms with Gasteiger partial charge in [0, 0.05) is 28.3 Å². The molecule has 0 aromatic heterocycles. The van der Waals surface area contributed by atoms with Crippen molar-refractivity contribution in [2.24, 2.45) is 20.5 Å². The van der Waals surface area contributed by atoms with E-state index in [0.29, 0.717) is 6.07 Å². The maximum atomic E-state index is 12.0. The second-order valence-corrected chi connectivity index (χ2v) is 13.8. The smallest absolute Gasteiger partial charge is 0.296 e. The van der Waals surface area contributed by atoms with E-state index in [4.69, 9.17) is 5.73 Å². The molecule has 0 unspecified atom stereocenters. The zero-order valence-corrected chi connectivity index (χ0v) is 25.5. The number of hydrogen-bond donors (Lipinski definition) is 5. The van der Waals surface area contributed by atoms with Crippen LogP contribution in [0.25, 0.3) is 21.5 Å². The standard InChI is InChI=1S/C26H18N6O12S3/c27-25-23(47(42,43)44)12-22(46(39,40)41)17-7-8-21(26(33)24(17)25)31-30-20-10-9-19(16-6-5-15(11-18(16)20)45(36,37)38)29-28-13-1-3-14(4-2-13)32(34)35/h1-12,33H,27H2,(H,36,37,38)(H,39,40,41)(H,42,43,44). The highest BCUT2D eigenvalue weighted by Gasteiger charge is 2.26. The number of nitro groups is 1. The second kappa shape index (κ2) is 11.7. The number of fused-ring (bicyclic) bond motifs is 2. The Labute approximate surface area is 263 Å². The van der Waals surface area contributed by atoms with Crippen molar-refractivity contribution in [3.63, 3.8) is 0 Å². The Morgan fingerprint density at radius 1 is 0.617 bits per heavy atom. The first kappa shape index (κ1) is 32.9. The summed E-state index contributed by atoms with van der Waals surface area (Å²) in [6.45, 7) is 0. The topological polar surface area (TPSA) is 302 Å². The average Bonchev–Trinajstić information content (AvgIpc) is 2.98. The normalized spacial score (nSPS) is 12.8. The van der Waals surface area contributed by atoms with Gasteiger partial charge in [-0.1, -0.05) is 12.1 Å². The summed E-state index contributed by atoms with van der Waals surface area (Å²) in [5.41, 5.74) is 4.90. The molecule has 0 spiro atoms. The highest BCUT2D eigenvalue weighted by atomic mass is 32.2. The lowest BCUT2D eigenvalue weighted by Gasteiger charge is -2.13. The molecule has 18 nitrogen and oxygen atoms in total. The first-order chi connectivity index (χ1) is 21.9. The van der Waals surface area contributed by atoms with Crippen molar-refractivity contribution in [3.05, 3.63) is 82.9 Å². The van der Waals surface area contributed by atoms with Gasteiger partial charge >= 0.3 is 0 Å². The largest absolute Gasteiger partial charge is 0.505 e. The second-order valence-electron chi connectivity index (χ2n) is 9.55. The molecule has 0 heterocycles. The van der Waals surface area contributed by atoms with Crippen molar-refractivity contribution in [1.29, 1.82) is 0 Å². The number of hydrogen-bond acceptors (Lipinski definition) is 14. The third-order valence-corrected chi connectivity index (χ3v) is 9.25. The maximum absolute atomic E-state index is 12.0. The van der Waals surface area contributed by atoms with Gasteiger partial charge in [0.1, 0.15) is 15.5 Å². The fourth-order valence-corrected chi connectivity index (χ4v) is 6.40. The zero-order valence-electron chi connectivity index (χ0n) is 23.0. The molecule has 242 valence electrons. The van der Waals surface area contributed by atoms with Crippen LogP contribution in [0, 0.1) is 10.1 Å². The number of nitrogens with two attached hydrogens (primary N) is 1. The summed E-state index contributed by atoms with van der Waals surface area (Å²) in [6, 6.07) is 13.8. The quantitative estimate of drug-likeness (QED) is 0.0423. The van der Waals surface area contributed by atoms with Crippen LogP contribution in [0.4, 0.5) is 34.1 Å². The van der Waals surface area contributed by atoms with E-state index in [1.54, 1.807) is 0 Å². The van der Waals surface area contributed by atoms with Crippen molar-refractivity contribution < 1.29 is 48.9 Å². The van der Waals surface area contributed by atoms with Gasteiger partial charge in [0.2, 0.25) is 0 Å². The van der Waals surface area contributed by atoms with E-state index in [1.165, 1.54) is 42.5 Å². The zero-order chi connectivity index (χ0) is 34.5. The molecule has 47 heavy (non-hydrogen) atoms. The molecule has 5 aromatic carbocycles. The lowest BCUT2D eigenvalue weighted by atomic mass is 10.1. The van der Waals surface area contributed by atoms with Crippen molar-refractivity contribution in [2.75, 3.05) is 5.73 Å². The van der Waals surface area contributed by atoms with Gasteiger partial charge < -0.3 is 10.8 Å². The third-order valence-electron chi connectivity index (χ3n) is 6.61.